The SMILES string of the molecule is N=c1ccc2nc3c(Cl)c4c(c(Cl)c3oc-2c1S(=O)(=O)O)[N-]c1ccc(N)c(S(=O)(=O)O)c1O4. The standard InChI is InChI=1S/C18H9Cl2N4O8S2/c19-9-11-15(31-13-7(23-11)3-1-5(21)17(13)33(25,26)27)10(20)12-16(9)32-14-8(24-12)4-2-6(22)18(14)34(28,29)30/h1-4,21H,22H2,(H,25,26,27)(H,28,29,30)/q-1. The van der Waals surface area contributed by atoms with Crippen molar-refractivity contribution in [2.75, 3.05) is 5.73 Å². The molecule has 34 heavy (non-hydrogen) atoms. The summed E-state index contributed by atoms with van der Waals surface area (Å²) in [5, 5.41) is 11.0. The first-order valence-corrected chi connectivity index (χ1v) is 12.5. The Morgan fingerprint density at radius 3 is 2.29 bits per heavy atom. The van der Waals surface area contributed by atoms with E-state index < -0.39 is 46.9 Å². The van der Waals surface area contributed by atoms with Gasteiger partial charge in [-0.2, -0.15) is 16.8 Å². The number of anilines is 1. The van der Waals surface area contributed by atoms with E-state index in [0.29, 0.717) is 0 Å². The first-order chi connectivity index (χ1) is 15.8. The van der Waals surface area contributed by atoms with Crippen molar-refractivity contribution in [1.29, 1.82) is 5.41 Å². The normalized spacial score (nSPS) is 13.3. The van der Waals surface area contributed by atoms with E-state index in [-0.39, 0.29) is 49.7 Å². The zero-order chi connectivity index (χ0) is 24.7. The number of benzene rings is 3. The number of nitrogens with two attached hydrogens (primary N) is 1. The molecular formula is C18H9Cl2N4O8S2-. The maximum Gasteiger partial charge on any atom is 0.300 e. The van der Waals surface area contributed by atoms with Crippen LogP contribution in [0, 0.1) is 5.41 Å². The van der Waals surface area contributed by atoms with Crippen molar-refractivity contribution in [3.05, 3.63) is 45.0 Å². The third kappa shape index (κ3) is 3.26. The number of nitrogen functional groups attached to an aromatic ring is 1. The van der Waals surface area contributed by atoms with Crippen LogP contribution in [0.25, 0.3) is 27.9 Å². The summed E-state index contributed by atoms with van der Waals surface area (Å²) in [6, 6.07) is 4.84. The lowest BCUT2D eigenvalue weighted by molar-refractivity contribution is 0.451. The Hall–Kier alpha value is -3.14. The summed E-state index contributed by atoms with van der Waals surface area (Å²) < 4.78 is 77.9. The number of aromatic nitrogens is 1. The summed E-state index contributed by atoms with van der Waals surface area (Å²) in [7, 11) is -9.68. The van der Waals surface area contributed by atoms with Crippen molar-refractivity contribution in [3.63, 3.8) is 0 Å². The molecule has 5 N–H and O–H groups in total. The Kier molecular flexibility index (Phi) is 4.78. The van der Waals surface area contributed by atoms with Crippen LogP contribution in [0.2, 0.25) is 10.0 Å². The molecule has 0 unspecified atom stereocenters. The van der Waals surface area contributed by atoms with Gasteiger partial charge in [0.05, 0.1) is 16.1 Å². The molecule has 2 aromatic carbocycles. The van der Waals surface area contributed by atoms with Gasteiger partial charge in [-0.05, 0) is 18.2 Å². The van der Waals surface area contributed by atoms with Gasteiger partial charge >= 0.3 is 0 Å². The average Bonchev–Trinajstić information content (AvgIpc) is 2.73. The molecular weight excluding hydrogens is 535 g/mol. The van der Waals surface area contributed by atoms with E-state index in [1.54, 1.807) is 0 Å². The molecule has 0 saturated heterocycles. The lowest BCUT2D eigenvalue weighted by Crippen LogP contribution is -2.16. The van der Waals surface area contributed by atoms with Gasteiger partial charge < -0.3 is 20.2 Å². The third-order valence-electron chi connectivity index (χ3n) is 4.85. The number of hydrogen-bond donors (Lipinski definition) is 4. The van der Waals surface area contributed by atoms with Gasteiger partial charge in [0, 0.05) is 0 Å². The van der Waals surface area contributed by atoms with Crippen LogP contribution in [0.15, 0.2) is 38.5 Å². The molecule has 0 aromatic heterocycles. The van der Waals surface area contributed by atoms with Gasteiger partial charge in [0.2, 0.25) is 0 Å². The van der Waals surface area contributed by atoms with Crippen LogP contribution >= 0.6 is 23.2 Å². The molecule has 0 atom stereocenters. The second-order valence-electron chi connectivity index (χ2n) is 6.98. The lowest BCUT2D eigenvalue weighted by atomic mass is 10.1. The van der Waals surface area contributed by atoms with Crippen LogP contribution in [0.3, 0.4) is 0 Å². The monoisotopic (exact) mass is 543 g/mol. The molecule has 16 heteroatoms. The molecule has 0 radical (unpaired) electrons. The highest BCUT2D eigenvalue weighted by atomic mass is 35.5. The van der Waals surface area contributed by atoms with Gasteiger partial charge in [-0.15, -0.1) is 0 Å². The highest BCUT2D eigenvalue weighted by Crippen LogP contribution is 2.60. The van der Waals surface area contributed by atoms with Crippen LogP contribution < -0.4 is 15.8 Å². The molecule has 0 spiro atoms. The number of rotatable bonds is 2. The Morgan fingerprint density at radius 1 is 0.971 bits per heavy atom. The molecule has 12 nitrogen and oxygen atoms in total. The highest BCUT2D eigenvalue weighted by Gasteiger charge is 2.30. The van der Waals surface area contributed by atoms with Gasteiger partial charge in [0.25, 0.3) is 20.2 Å². The average molecular weight is 544 g/mol. The van der Waals surface area contributed by atoms with Gasteiger partial charge in [0.15, 0.2) is 21.1 Å². The van der Waals surface area contributed by atoms with Crippen molar-refractivity contribution >= 4 is 71.6 Å². The second kappa shape index (κ2) is 7.18. The quantitative estimate of drug-likeness (QED) is 0.141. The van der Waals surface area contributed by atoms with Crippen LogP contribution in [0.4, 0.5) is 17.1 Å². The van der Waals surface area contributed by atoms with E-state index in [1.165, 1.54) is 18.2 Å². The summed E-state index contributed by atoms with van der Waals surface area (Å²) in [5.41, 5.74) is 4.77. The summed E-state index contributed by atoms with van der Waals surface area (Å²) in [6.07, 6.45) is 0. The van der Waals surface area contributed by atoms with Gasteiger partial charge in [-0.1, -0.05) is 40.6 Å². The number of halogens is 2. The number of fused-ring (bicyclic) bond motifs is 4. The lowest BCUT2D eigenvalue weighted by Gasteiger charge is -2.35. The first-order valence-electron chi connectivity index (χ1n) is 8.89. The largest absolute Gasteiger partial charge is 0.650 e. The summed E-state index contributed by atoms with van der Waals surface area (Å²) >= 11 is 12.9. The number of nitrogens with zero attached hydrogens (tertiary/aromatic N) is 2. The van der Waals surface area contributed by atoms with Crippen molar-refractivity contribution in [2.24, 2.45) is 0 Å². The van der Waals surface area contributed by atoms with Gasteiger partial charge in [0.1, 0.15) is 27.7 Å². The Morgan fingerprint density at radius 2 is 1.65 bits per heavy atom. The van der Waals surface area contributed by atoms with Crippen molar-refractivity contribution < 1.29 is 35.1 Å². The van der Waals surface area contributed by atoms with Crippen LogP contribution in [0.1, 0.15) is 0 Å². The van der Waals surface area contributed by atoms with Crippen molar-refractivity contribution in [1.82, 2.24) is 4.98 Å². The molecule has 1 aliphatic carbocycles. The Balaban J connectivity index is 1.85. The van der Waals surface area contributed by atoms with E-state index in [2.05, 4.69) is 10.3 Å². The minimum Gasteiger partial charge on any atom is -0.650 e. The Labute approximate surface area is 200 Å². The summed E-state index contributed by atoms with van der Waals surface area (Å²) in [5.74, 6) is -1.06. The summed E-state index contributed by atoms with van der Waals surface area (Å²) in [4.78, 5) is 2.68. The molecule has 0 amide bonds. The number of hydrogen-bond acceptors (Lipinski definition) is 9. The van der Waals surface area contributed by atoms with Crippen LogP contribution in [-0.4, -0.2) is 30.9 Å². The first kappa shape index (κ1) is 22.6. The van der Waals surface area contributed by atoms with E-state index in [1.807, 2.05) is 0 Å². The van der Waals surface area contributed by atoms with E-state index in [0.717, 1.165) is 6.07 Å². The molecule has 2 aliphatic heterocycles. The molecule has 2 heterocycles. The van der Waals surface area contributed by atoms with Crippen LogP contribution in [-0.2, 0) is 20.2 Å². The fraction of sp³-hybridized carbons (Fsp3) is 0. The van der Waals surface area contributed by atoms with E-state index in [9.17, 15) is 25.9 Å². The minimum atomic E-state index is -4.87. The molecule has 0 saturated carbocycles. The number of ether oxygens (including phenoxy) is 1. The highest BCUT2D eigenvalue weighted by molar-refractivity contribution is 7.86. The molecule has 0 fully saturated rings. The zero-order valence-electron chi connectivity index (χ0n) is 16.2. The smallest absolute Gasteiger partial charge is 0.300 e. The molecule has 0 bridgehead atoms. The molecule has 2 aromatic rings. The maximum atomic E-state index is 11.9. The van der Waals surface area contributed by atoms with E-state index in [4.69, 9.17) is 43.5 Å². The molecule has 5 rings (SSSR count). The van der Waals surface area contributed by atoms with Crippen LogP contribution in [0.5, 0.6) is 11.5 Å². The van der Waals surface area contributed by atoms with E-state index >= 15 is 0 Å². The Bertz CT molecular complexity index is 1820. The van der Waals surface area contributed by atoms with Gasteiger partial charge in [-0.25, -0.2) is 4.98 Å². The summed E-state index contributed by atoms with van der Waals surface area (Å²) in [6.45, 7) is 0. The fourth-order valence-corrected chi connectivity index (χ4v) is 5.45. The third-order valence-corrected chi connectivity index (χ3v) is 7.41. The molecule has 3 aliphatic rings. The zero-order valence-corrected chi connectivity index (χ0v) is 19.3. The topological polar surface area (TPSA) is 208 Å². The predicted octanol–water partition coefficient (Wildman–Crippen LogP) is 4.24. The second-order valence-corrected chi connectivity index (χ2v) is 10.5. The predicted molar refractivity (Wildman–Crippen MR) is 120 cm³/mol. The maximum absolute atomic E-state index is 11.9. The minimum absolute atomic E-state index is 0.0625. The number of nitrogens with one attached hydrogen (secondary N) is 1. The molecule has 176 valence electrons. The van der Waals surface area contributed by atoms with Gasteiger partial charge in [-0.3, -0.25) is 14.5 Å². The van der Waals surface area contributed by atoms with Crippen molar-refractivity contribution in [3.8, 4) is 23.0 Å². The van der Waals surface area contributed by atoms with Crippen molar-refractivity contribution in [2.45, 2.75) is 9.79 Å². The fourth-order valence-electron chi connectivity index (χ4n) is 3.47.